The van der Waals surface area contributed by atoms with Gasteiger partial charge in [-0.3, -0.25) is 14.3 Å². The predicted octanol–water partition coefficient (Wildman–Crippen LogP) is 3.34. The van der Waals surface area contributed by atoms with E-state index in [-0.39, 0.29) is 17.8 Å². The van der Waals surface area contributed by atoms with Gasteiger partial charge >= 0.3 is 0 Å². The maximum atomic E-state index is 13.2. The molecule has 3 aromatic rings. The van der Waals surface area contributed by atoms with Crippen molar-refractivity contribution in [3.05, 3.63) is 72.0 Å². The number of aryl methyl sites for hydroxylation is 1. The van der Waals surface area contributed by atoms with Gasteiger partial charge in [0.05, 0.1) is 24.1 Å². The third-order valence-corrected chi connectivity index (χ3v) is 4.87. The van der Waals surface area contributed by atoms with Gasteiger partial charge in [-0.2, -0.15) is 0 Å². The lowest BCUT2D eigenvalue weighted by Gasteiger charge is -2.24. The van der Waals surface area contributed by atoms with Crippen LogP contribution in [0.2, 0.25) is 0 Å². The van der Waals surface area contributed by atoms with E-state index in [9.17, 15) is 9.18 Å². The Kier molecular flexibility index (Phi) is 4.66. The van der Waals surface area contributed by atoms with Crippen LogP contribution in [0.15, 0.2) is 49.1 Å². The van der Waals surface area contributed by atoms with Crippen molar-refractivity contribution in [3.8, 4) is 5.82 Å². The van der Waals surface area contributed by atoms with Gasteiger partial charge in [0.2, 0.25) is 0 Å². The maximum Gasteiger partial charge on any atom is 0.254 e. The Morgan fingerprint density at radius 1 is 1.26 bits per heavy atom. The molecule has 1 amide bonds. The number of nitrogens with zero attached hydrogens (tertiary/aromatic N) is 5. The number of benzene rings is 1. The molecule has 27 heavy (non-hydrogen) atoms. The number of aromatic nitrogens is 4. The lowest BCUT2D eigenvalue weighted by molar-refractivity contribution is 0.0732. The lowest BCUT2D eigenvalue weighted by atomic mass is 10.1. The van der Waals surface area contributed by atoms with E-state index >= 15 is 0 Å². The van der Waals surface area contributed by atoms with Gasteiger partial charge in [-0.25, -0.2) is 14.4 Å². The number of likely N-dealkylation sites (tertiary alicyclic amines) is 1. The predicted molar refractivity (Wildman–Crippen MR) is 97.9 cm³/mol. The maximum absolute atomic E-state index is 13.2. The molecule has 1 aromatic carbocycles. The molecule has 0 N–H and O–H groups in total. The van der Waals surface area contributed by atoms with E-state index in [1.807, 2.05) is 17.7 Å². The van der Waals surface area contributed by atoms with Crippen LogP contribution in [0.1, 0.15) is 47.7 Å². The zero-order valence-electron chi connectivity index (χ0n) is 15.0. The van der Waals surface area contributed by atoms with E-state index in [0.29, 0.717) is 17.9 Å². The zero-order valence-corrected chi connectivity index (χ0v) is 15.0. The van der Waals surface area contributed by atoms with Crippen molar-refractivity contribution in [2.75, 3.05) is 6.54 Å². The second-order valence-corrected chi connectivity index (χ2v) is 6.53. The topological polar surface area (TPSA) is 63.9 Å². The number of imidazole rings is 1. The normalized spacial score (nSPS) is 16.7. The summed E-state index contributed by atoms with van der Waals surface area (Å²) in [6.45, 7) is 2.69. The highest BCUT2D eigenvalue weighted by Crippen LogP contribution is 2.32. The number of halogens is 1. The van der Waals surface area contributed by atoms with Gasteiger partial charge in [0, 0.05) is 30.9 Å². The molecule has 0 aliphatic carbocycles. The van der Waals surface area contributed by atoms with Gasteiger partial charge in [-0.1, -0.05) is 6.92 Å². The van der Waals surface area contributed by atoms with Crippen molar-refractivity contribution in [2.45, 2.75) is 32.2 Å². The summed E-state index contributed by atoms with van der Waals surface area (Å²) in [6, 6.07) is 5.53. The van der Waals surface area contributed by atoms with Gasteiger partial charge in [0.1, 0.15) is 11.6 Å². The SMILES string of the molecule is CCc1nccn1-c1cncc([C@H]2CCCN2C(=O)c2ccc(F)cc2)n1. The zero-order chi connectivity index (χ0) is 18.8. The highest BCUT2D eigenvalue weighted by Gasteiger charge is 2.32. The van der Waals surface area contributed by atoms with Crippen LogP contribution in [0.25, 0.3) is 5.82 Å². The molecule has 0 bridgehead atoms. The summed E-state index contributed by atoms with van der Waals surface area (Å²) in [5.41, 5.74) is 1.24. The summed E-state index contributed by atoms with van der Waals surface area (Å²) in [7, 11) is 0. The smallest absolute Gasteiger partial charge is 0.254 e. The molecule has 2 aromatic heterocycles. The molecule has 0 spiro atoms. The van der Waals surface area contributed by atoms with Crippen molar-refractivity contribution >= 4 is 5.91 Å². The molecule has 0 unspecified atom stereocenters. The summed E-state index contributed by atoms with van der Waals surface area (Å²) in [5.74, 6) is 1.15. The van der Waals surface area contributed by atoms with Gasteiger partial charge in [0.25, 0.3) is 5.91 Å². The Hall–Kier alpha value is -3.09. The highest BCUT2D eigenvalue weighted by atomic mass is 19.1. The average Bonchev–Trinajstić information content (AvgIpc) is 3.37. The van der Waals surface area contributed by atoms with Crippen LogP contribution >= 0.6 is 0 Å². The molecule has 3 heterocycles. The Balaban J connectivity index is 1.63. The van der Waals surface area contributed by atoms with Crippen molar-refractivity contribution in [1.82, 2.24) is 24.4 Å². The fourth-order valence-electron chi connectivity index (χ4n) is 3.53. The van der Waals surface area contributed by atoms with Gasteiger partial charge < -0.3 is 4.90 Å². The molecule has 6 nitrogen and oxygen atoms in total. The first-order valence-corrected chi connectivity index (χ1v) is 9.08. The van der Waals surface area contributed by atoms with Crippen LogP contribution in [0.4, 0.5) is 4.39 Å². The summed E-state index contributed by atoms with van der Waals surface area (Å²) < 4.78 is 15.1. The van der Waals surface area contributed by atoms with Crippen LogP contribution in [-0.2, 0) is 6.42 Å². The fourth-order valence-corrected chi connectivity index (χ4v) is 3.53. The fraction of sp³-hybridized carbons (Fsp3) is 0.300. The third-order valence-electron chi connectivity index (χ3n) is 4.87. The summed E-state index contributed by atoms with van der Waals surface area (Å²) in [5, 5.41) is 0. The second kappa shape index (κ2) is 7.26. The summed E-state index contributed by atoms with van der Waals surface area (Å²) in [6.07, 6.45) is 9.54. The largest absolute Gasteiger partial charge is 0.330 e. The first kappa shape index (κ1) is 17.3. The number of amides is 1. The molecule has 7 heteroatoms. The molecule has 1 fully saturated rings. The minimum atomic E-state index is -0.352. The molecular weight excluding hydrogens is 345 g/mol. The molecule has 4 rings (SSSR count). The van der Waals surface area contributed by atoms with Crippen LogP contribution < -0.4 is 0 Å². The van der Waals surface area contributed by atoms with Crippen LogP contribution in [-0.4, -0.2) is 36.9 Å². The highest BCUT2D eigenvalue weighted by molar-refractivity contribution is 5.94. The van der Waals surface area contributed by atoms with E-state index in [1.165, 1.54) is 24.3 Å². The minimum absolute atomic E-state index is 0.110. The van der Waals surface area contributed by atoms with Gasteiger partial charge in [-0.15, -0.1) is 0 Å². The number of carbonyl (C=O) groups excluding carboxylic acids is 1. The van der Waals surface area contributed by atoms with Gasteiger partial charge in [0.15, 0.2) is 5.82 Å². The van der Waals surface area contributed by atoms with E-state index in [0.717, 1.165) is 30.8 Å². The standard InChI is InChI=1S/C20H20FN5O/c1-2-18-23-9-11-26(18)19-13-22-12-16(24-19)17-4-3-10-25(17)20(27)14-5-7-15(21)8-6-14/h5-9,11-13,17H,2-4,10H2,1H3/t17-/m1/s1. The van der Waals surface area contributed by atoms with E-state index < -0.39 is 0 Å². The molecule has 1 atom stereocenters. The first-order valence-electron chi connectivity index (χ1n) is 9.08. The Morgan fingerprint density at radius 2 is 2.07 bits per heavy atom. The lowest BCUT2D eigenvalue weighted by Crippen LogP contribution is -2.31. The summed E-state index contributed by atoms with van der Waals surface area (Å²) in [4.78, 5) is 28.1. The number of hydrogen-bond acceptors (Lipinski definition) is 4. The average molecular weight is 365 g/mol. The van der Waals surface area contributed by atoms with Crippen molar-refractivity contribution in [3.63, 3.8) is 0 Å². The van der Waals surface area contributed by atoms with Crippen LogP contribution in [0.3, 0.4) is 0 Å². The quantitative estimate of drug-likeness (QED) is 0.711. The van der Waals surface area contributed by atoms with Gasteiger partial charge in [-0.05, 0) is 37.1 Å². The number of hydrogen-bond donors (Lipinski definition) is 0. The Morgan fingerprint density at radius 3 is 2.85 bits per heavy atom. The second-order valence-electron chi connectivity index (χ2n) is 6.53. The Bertz CT molecular complexity index is 953. The van der Waals surface area contributed by atoms with Crippen LogP contribution in [0, 0.1) is 5.82 Å². The van der Waals surface area contributed by atoms with Crippen molar-refractivity contribution in [1.29, 1.82) is 0 Å². The Labute approximate surface area is 156 Å². The monoisotopic (exact) mass is 365 g/mol. The van der Waals surface area contributed by atoms with Crippen LogP contribution in [0.5, 0.6) is 0 Å². The number of carbonyl (C=O) groups is 1. The third kappa shape index (κ3) is 3.32. The molecule has 0 radical (unpaired) electrons. The minimum Gasteiger partial charge on any atom is -0.330 e. The van der Waals surface area contributed by atoms with Crippen molar-refractivity contribution < 1.29 is 9.18 Å². The van der Waals surface area contributed by atoms with Crippen molar-refractivity contribution in [2.24, 2.45) is 0 Å². The summed E-state index contributed by atoms with van der Waals surface area (Å²) >= 11 is 0. The first-order chi connectivity index (χ1) is 13.2. The van der Waals surface area contributed by atoms with E-state index in [2.05, 4.69) is 9.97 Å². The number of rotatable bonds is 4. The van der Waals surface area contributed by atoms with E-state index in [1.54, 1.807) is 23.5 Å². The molecule has 1 aliphatic rings. The molecule has 1 saturated heterocycles. The molecule has 0 saturated carbocycles. The molecule has 138 valence electrons. The molecular formula is C20H20FN5O. The van der Waals surface area contributed by atoms with E-state index in [4.69, 9.17) is 4.98 Å². The molecule has 1 aliphatic heterocycles.